The fraction of sp³-hybridized carbons (Fsp3) is 0.417. The van der Waals surface area contributed by atoms with Gasteiger partial charge in [0.05, 0.1) is 18.9 Å². The van der Waals surface area contributed by atoms with Gasteiger partial charge in [-0.15, -0.1) is 6.42 Å². The number of aliphatic hydroxyl groups excluding tert-OH is 1. The molecule has 0 saturated heterocycles. The van der Waals surface area contributed by atoms with Gasteiger partial charge in [-0.1, -0.05) is 5.92 Å². The summed E-state index contributed by atoms with van der Waals surface area (Å²) in [5, 5.41) is 10.5. The Bertz CT molecular complexity index is 426. The first-order chi connectivity index (χ1) is 8.93. The highest BCUT2D eigenvalue weighted by atomic mass is 19.4. The molecule has 0 aromatic carbocycles. The van der Waals surface area contributed by atoms with Crippen molar-refractivity contribution in [2.24, 2.45) is 0 Å². The van der Waals surface area contributed by atoms with E-state index in [4.69, 9.17) is 16.3 Å². The molecule has 19 heavy (non-hydrogen) atoms. The summed E-state index contributed by atoms with van der Waals surface area (Å²) in [6, 6.07) is 3.37. The third-order valence-electron chi connectivity index (χ3n) is 2.14. The van der Waals surface area contributed by atoms with E-state index in [1.54, 1.807) is 12.1 Å². The highest BCUT2D eigenvalue weighted by Gasteiger charge is 2.37. The van der Waals surface area contributed by atoms with Gasteiger partial charge in [0, 0.05) is 18.3 Å². The van der Waals surface area contributed by atoms with Gasteiger partial charge in [0.2, 0.25) is 6.23 Å². The lowest BCUT2D eigenvalue weighted by atomic mass is 10.2. The molecule has 0 aliphatic heterocycles. The fourth-order valence-electron chi connectivity index (χ4n) is 1.16. The minimum absolute atomic E-state index is 0.0196. The zero-order chi connectivity index (χ0) is 14.3. The average molecular weight is 274 g/mol. The number of aromatic nitrogens is 1. The molecule has 1 aromatic heterocycles. The Morgan fingerprint density at radius 1 is 1.47 bits per heavy atom. The molecule has 1 aromatic rings. The van der Waals surface area contributed by atoms with Gasteiger partial charge in [-0.2, -0.15) is 13.2 Å². The fourth-order valence-corrected chi connectivity index (χ4v) is 1.16. The summed E-state index contributed by atoms with van der Waals surface area (Å²) in [6.45, 7) is 0.0590. The normalized spacial score (nSPS) is 13.0. The highest BCUT2D eigenvalue weighted by molar-refractivity contribution is 5.29. The standard InChI is InChI=1S/C12H13F3N2O2/c1-2-9-3-4-10(17-7-9)8-19-6-5-16-11(18)12(13,14)15/h1,3-4,7,11,16,18H,5-6,8H2. The Morgan fingerprint density at radius 2 is 2.21 bits per heavy atom. The molecule has 0 spiro atoms. The molecule has 104 valence electrons. The summed E-state index contributed by atoms with van der Waals surface area (Å²) in [7, 11) is 0. The lowest BCUT2D eigenvalue weighted by Gasteiger charge is -2.15. The minimum atomic E-state index is -4.67. The Kier molecular flexibility index (Phi) is 5.76. The van der Waals surface area contributed by atoms with Gasteiger partial charge in [0.25, 0.3) is 0 Å². The summed E-state index contributed by atoms with van der Waals surface area (Å²) in [4.78, 5) is 4.00. The Morgan fingerprint density at radius 3 is 2.74 bits per heavy atom. The third-order valence-corrected chi connectivity index (χ3v) is 2.14. The van der Waals surface area contributed by atoms with E-state index in [9.17, 15) is 13.2 Å². The number of aliphatic hydroxyl groups is 1. The number of ether oxygens (including phenoxy) is 1. The Hall–Kier alpha value is -1.62. The molecular weight excluding hydrogens is 261 g/mol. The molecule has 0 fully saturated rings. The Labute approximate surface area is 108 Å². The predicted octanol–water partition coefficient (Wildman–Crippen LogP) is 1.05. The SMILES string of the molecule is C#Cc1ccc(COCCNC(O)C(F)(F)F)nc1. The second-order valence-corrected chi connectivity index (χ2v) is 3.63. The zero-order valence-electron chi connectivity index (χ0n) is 9.94. The quantitative estimate of drug-likeness (QED) is 0.462. The van der Waals surface area contributed by atoms with E-state index >= 15 is 0 Å². The topological polar surface area (TPSA) is 54.4 Å². The summed E-state index contributed by atoms with van der Waals surface area (Å²) in [6.07, 6.45) is -0.550. The molecule has 4 nitrogen and oxygen atoms in total. The van der Waals surface area contributed by atoms with E-state index in [0.717, 1.165) is 0 Å². The number of nitrogens with zero attached hydrogens (tertiary/aromatic N) is 1. The first-order valence-electron chi connectivity index (χ1n) is 5.41. The number of rotatable bonds is 6. The van der Waals surface area contributed by atoms with E-state index in [0.29, 0.717) is 11.3 Å². The minimum Gasteiger partial charge on any atom is -0.374 e. The second kappa shape index (κ2) is 7.09. The molecule has 1 unspecified atom stereocenters. The van der Waals surface area contributed by atoms with Crippen LogP contribution in [0.25, 0.3) is 0 Å². The number of nitrogens with one attached hydrogen (secondary N) is 1. The van der Waals surface area contributed by atoms with Gasteiger partial charge in [0.1, 0.15) is 0 Å². The largest absolute Gasteiger partial charge is 0.427 e. The van der Waals surface area contributed by atoms with Crippen LogP contribution < -0.4 is 5.32 Å². The molecule has 1 atom stereocenters. The molecule has 0 bridgehead atoms. The van der Waals surface area contributed by atoms with Crippen LogP contribution in [0.5, 0.6) is 0 Å². The van der Waals surface area contributed by atoms with Gasteiger partial charge in [-0.3, -0.25) is 10.3 Å². The van der Waals surface area contributed by atoms with Crippen molar-refractivity contribution in [3.8, 4) is 12.3 Å². The third kappa shape index (κ3) is 5.70. The molecule has 0 aliphatic rings. The van der Waals surface area contributed by atoms with Crippen LogP contribution in [0.2, 0.25) is 0 Å². The summed E-state index contributed by atoms with van der Waals surface area (Å²) in [5.74, 6) is 2.41. The van der Waals surface area contributed by atoms with Crippen LogP contribution in [0.15, 0.2) is 18.3 Å². The highest BCUT2D eigenvalue weighted by Crippen LogP contribution is 2.17. The molecule has 1 heterocycles. The van der Waals surface area contributed by atoms with E-state index in [1.807, 2.05) is 5.32 Å². The van der Waals surface area contributed by atoms with Crippen molar-refractivity contribution in [1.29, 1.82) is 0 Å². The molecular formula is C12H13F3N2O2. The number of hydrogen-bond donors (Lipinski definition) is 2. The molecule has 2 N–H and O–H groups in total. The molecule has 1 rings (SSSR count). The van der Waals surface area contributed by atoms with Gasteiger partial charge in [0.15, 0.2) is 0 Å². The van der Waals surface area contributed by atoms with Crippen molar-refractivity contribution >= 4 is 0 Å². The lowest BCUT2D eigenvalue weighted by Crippen LogP contribution is -2.43. The first-order valence-corrected chi connectivity index (χ1v) is 5.41. The molecule has 0 saturated carbocycles. The molecule has 0 aliphatic carbocycles. The number of halogens is 3. The first kappa shape index (κ1) is 15.4. The summed E-state index contributed by atoms with van der Waals surface area (Å²) in [5.41, 5.74) is 1.26. The molecule has 0 radical (unpaired) electrons. The van der Waals surface area contributed by atoms with Crippen molar-refractivity contribution in [2.75, 3.05) is 13.2 Å². The molecule has 0 amide bonds. The summed E-state index contributed by atoms with van der Waals surface area (Å²) >= 11 is 0. The smallest absolute Gasteiger partial charge is 0.374 e. The van der Waals surface area contributed by atoms with E-state index < -0.39 is 12.4 Å². The van der Waals surface area contributed by atoms with Gasteiger partial charge < -0.3 is 9.84 Å². The van der Waals surface area contributed by atoms with Crippen LogP contribution in [0.1, 0.15) is 11.3 Å². The predicted molar refractivity (Wildman–Crippen MR) is 61.9 cm³/mol. The maximum atomic E-state index is 11.9. The van der Waals surface area contributed by atoms with Crippen LogP contribution in [-0.2, 0) is 11.3 Å². The van der Waals surface area contributed by atoms with Gasteiger partial charge in [-0.25, -0.2) is 0 Å². The van der Waals surface area contributed by atoms with Crippen LogP contribution in [-0.4, -0.2) is 35.6 Å². The van der Waals surface area contributed by atoms with Crippen LogP contribution >= 0.6 is 0 Å². The lowest BCUT2D eigenvalue weighted by molar-refractivity contribution is -0.213. The number of terminal acetylenes is 1. The Balaban J connectivity index is 2.19. The van der Waals surface area contributed by atoms with E-state index in [2.05, 4.69) is 10.9 Å². The van der Waals surface area contributed by atoms with Crippen LogP contribution in [0.4, 0.5) is 13.2 Å². The van der Waals surface area contributed by atoms with Crippen molar-refractivity contribution in [3.05, 3.63) is 29.6 Å². The maximum absolute atomic E-state index is 11.9. The number of hydrogen-bond acceptors (Lipinski definition) is 4. The van der Waals surface area contributed by atoms with Crippen LogP contribution in [0.3, 0.4) is 0 Å². The van der Waals surface area contributed by atoms with Crippen molar-refractivity contribution in [1.82, 2.24) is 10.3 Å². The van der Waals surface area contributed by atoms with Crippen molar-refractivity contribution < 1.29 is 23.0 Å². The van der Waals surface area contributed by atoms with Crippen LogP contribution in [0, 0.1) is 12.3 Å². The monoisotopic (exact) mass is 274 g/mol. The average Bonchev–Trinajstić information content (AvgIpc) is 2.37. The van der Waals surface area contributed by atoms with E-state index in [-0.39, 0.29) is 19.8 Å². The summed E-state index contributed by atoms with van der Waals surface area (Å²) < 4.78 is 40.8. The van der Waals surface area contributed by atoms with Gasteiger partial charge in [-0.05, 0) is 12.1 Å². The van der Waals surface area contributed by atoms with Crippen molar-refractivity contribution in [3.63, 3.8) is 0 Å². The zero-order valence-corrected chi connectivity index (χ0v) is 9.94. The van der Waals surface area contributed by atoms with Crippen molar-refractivity contribution in [2.45, 2.75) is 19.0 Å². The molecule has 7 heteroatoms. The second-order valence-electron chi connectivity index (χ2n) is 3.63. The maximum Gasteiger partial charge on any atom is 0.427 e. The van der Waals surface area contributed by atoms with E-state index in [1.165, 1.54) is 6.20 Å². The van der Waals surface area contributed by atoms with Gasteiger partial charge >= 0.3 is 6.18 Å². The number of pyridine rings is 1. The number of alkyl halides is 3.